The first-order valence-electron chi connectivity index (χ1n) is 10.5. The minimum absolute atomic E-state index is 0.0809. The van der Waals surface area contributed by atoms with E-state index in [-0.39, 0.29) is 23.3 Å². The zero-order chi connectivity index (χ0) is 19.9. The van der Waals surface area contributed by atoms with Crippen LogP contribution < -0.4 is 5.32 Å². The van der Waals surface area contributed by atoms with E-state index in [1.54, 1.807) is 0 Å². The summed E-state index contributed by atoms with van der Waals surface area (Å²) in [6.45, 7) is 9.83. The van der Waals surface area contributed by atoms with E-state index in [9.17, 15) is 9.59 Å². The summed E-state index contributed by atoms with van der Waals surface area (Å²) in [5.41, 5.74) is 1.89. The second kappa shape index (κ2) is 7.43. The maximum absolute atomic E-state index is 13.0. The molecule has 0 spiro atoms. The van der Waals surface area contributed by atoms with E-state index in [4.69, 9.17) is 4.98 Å². The third-order valence-corrected chi connectivity index (χ3v) is 6.21. The van der Waals surface area contributed by atoms with Crippen LogP contribution in [0.1, 0.15) is 63.0 Å². The molecule has 0 aliphatic carbocycles. The highest BCUT2D eigenvalue weighted by Gasteiger charge is 2.41. The Hall–Kier alpha value is -2.02. The van der Waals surface area contributed by atoms with Crippen molar-refractivity contribution in [3.8, 4) is 0 Å². The highest BCUT2D eigenvalue weighted by Crippen LogP contribution is 2.29. The summed E-state index contributed by atoms with van der Waals surface area (Å²) in [6.07, 6.45) is 5.30. The first kappa shape index (κ1) is 19.3. The summed E-state index contributed by atoms with van der Waals surface area (Å²) >= 11 is 0. The molecule has 0 aromatic carbocycles. The second-order valence-corrected chi connectivity index (χ2v) is 9.33. The average Bonchev–Trinajstić information content (AvgIpc) is 3.09. The number of hydrogen-bond donors (Lipinski definition) is 1. The number of carbonyl (C=O) groups excluding carboxylic acids is 2. The molecule has 4 rings (SSSR count). The lowest BCUT2D eigenvalue weighted by Gasteiger charge is -2.33. The fourth-order valence-electron chi connectivity index (χ4n) is 4.57. The van der Waals surface area contributed by atoms with Gasteiger partial charge in [-0.15, -0.1) is 0 Å². The normalized spacial score (nSPS) is 25.8. The number of aromatic nitrogens is 2. The molecule has 0 bridgehead atoms. The van der Waals surface area contributed by atoms with Crippen LogP contribution in [0.5, 0.6) is 0 Å². The van der Waals surface area contributed by atoms with Gasteiger partial charge >= 0.3 is 0 Å². The number of carbonyl (C=O) groups is 2. The van der Waals surface area contributed by atoms with Crippen LogP contribution >= 0.6 is 0 Å². The lowest BCUT2D eigenvalue weighted by molar-refractivity contribution is -0.136. The maximum Gasteiger partial charge on any atom is 0.228 e. The van der Waals surface area contributed by atoms with Crippen molar-refractivity contribution in [2.24, 2.45) is 5.92 Å². The van der Waals surface area contributed by atoms with Gasteiger partial charge in [-0.05, 0) is 40.2 Å². The molecule has 2 amide bonds. The molecule has 7 heteroatoms. The topological polar surface area (TPSA) is 78.4 Å². The largest absolute Gasteiger partial charge is 0.338 e. The van der Waals surface area contributed by atoms with Gasteiger partial charge in [-0.25, -0.2) is 9.97 Å². The fourth-order valence-corrected chi connectivity index (χ4v) is 4.57. The van der Waals surface area contributed by atoms with Crippen LogP contribution in [0.4, 0.5) is 0 Å². The molecule has 28 heavy (non-hydrogen) atoms. The van der Waals surface area contributed by atoms with Crippen LogP contribution in [-0.2, 0) is 22.6 Å². The molecule has 2 fully saturated rings. The van der Waals surface area contributed by atoms with Gasteiger partial charge in [0.2, 0.25) is 11.8 Å². The summed E-state index contributed by atoms with van der Waals surface area (Å²) in [4.78, 5) is 38.5. The van der Waals surface area contributed by atoms with Crippen molar-refractivity contribution in [2.75, 3.05) is 26.2 Å². The van der Waals surface area contributed by atoms with Crippen molar-refractivity contribution in [1.82, 2.24) is 25.1 Å². The lowest BCUT2D eigenvalue weighted by Crippen LogP contribution is -2.44. The van der Waals surface area contributed by atoms with Crippen LogP contribution in [0.15, 0.2) is 6.20 Å². The summed E-state index contributed by atoms with van der Waals surface area (Å²) in [7, 11) is 0. The number of rotatable bonds is 2. The van der Waals surface area contributed by atoms with Crippen LogP contribution in [0.3, 0.4) is 0 Å². The van der Waals surface area contributed by atoms with Gasteiger partial charge < -0.3 is 15.1 Å². The van der Waals surface area contributed by atoms with E-state index in [0.29, 0.717) is 32.0 Å². The van der Waals surface area contributed by atoms with Gasteiger partial charge in [0.25, 0.3) is 0 Å². The highest BCUT2D eigenvalue weighted by atomic mass is 16.2. The van der Waals surface area contributed by atoms with E-state index >= 15 is 0 Å². The molecular formula is C21H31N5O2. The van der Waals surface area contributed by atoms with Gasteiger partial charge in [0.1, 0.15) is 5.82 Å². The van der Waals surface area contributed by atoms with E-state index in [2.05, 4.69) is 10.3 Å². The Labute approximate surface area is 166 Å². The van der Waals surface area contributed by atoms with E-state index < -0.39 is 0 Å². The van der Waals surface area contributed by atoms with E-state index in [1.165, 1.54) is 6.42 Å². The number of nitrogens with zero attached hydrogens (tertiary/aromatic N) is 4. The molecular weight excluding hydrogens is 354 g/mol. The Balaban J connectivity index is 1.43. The third-order valence-electron chi connectivity index (χ3n) is 6.21. The standard InChI is InChI=1S/C21H31N5O2/c1-21(2,3)26-13-15(9-18(26)27)20(28)25-8-6-17-16(12-25)11-23-19(24-17)14-5-4-7-22-10-14/h11,14-15,22H,4-10,12-13H2,1-3H3/t14-,15+/m1/s1. The van der Waals surface area contributed by atoms with Crippen LogP contribution in [-0.4, -0.2) is 63.3 Å². The maximum atomic E-state index is 13.0. The zero-order valence-electron chi connectivity index (χ0n) is 17.2. The van der Waals surface area contributed by atoms with Crippen molar-refractivity contribution in [2.45, 2.75) is 64.5 Å². The Morgan fingerprint density at radius 2 is 2.14 bits per heavy atom. The third kappa shape index (κ3) is 3.77. The fraction of sp³-hybridized carbons (Fsp3) is 0.714. The van der Waals surface area contributed by atoms with Gasteiger partial charge in [-0.1, -0.05) is 0 Å². The first-order chi connectivity index (χ1) is 13.3. The van der Waals surface area contributed by atoms with Crippen LogP contribution in [0.25, 0.3) is 0 Å². The minimum atomic E-state index is -0.237. The number of piperidine rings is 1. The molecule has 152 valence electrons. The lowest BCUT2D eigenvalue weighted by atomic mass is 9.97. The predicted octanol–water partition coefficient (Wildman–Crippen LogP) is 1.48. The Morgan fingerprint density at radius 1 is 1.32 bits per heavy atom. The average molecular weight is 386 g/mol. The number of hydrogen-bond acceptors (Lipinski definition) is 5. The van der Waals surface area contributed by atoms with Crippen molar-refractivity contribution in [3.63, 3.8) is 0 Å². The monoisotopic (exact) mass is 385 g/mol. The quantitative estimate of drug-likeness (QED) is 0.834. The molecule has 2 atom stereocenters. The molecule has 0 saturated carbocycles. The molecule has 1 aromatic heterocycles. The Kier molecular flexibility index (Phi) is 5.12. The van der Waals surface area contributed by atoms with Gasteiger partial charge in [0, 0.05) is 62.2 Å². The number of likely N-dealkylation sites (tertiary alicyclic amines) is 1. The highest BCUT2D eigenvalue weighted by molar-refractivity contribution is 5.89. The molecule has 2 saturated heterocycles. The molecule has 1 aromatic rings. The number of nitrogens with one attached hydrogen (secondary N) is 1. The molecule has 3 aliphatic heterocycles. The van der Waals surface area contributed by atoms with Gasteiger partial charge in [0.15, 0.2) is 0 Å². The molecule has 0 radical (unpaired) electrons. The summed E-state index contributed by atoms with van der Waals surface area (Å²) in [5, 5.41) is 3.42. The van der Waals surface area contributed by atoms with Crippen LogP contribution in [0.2, 0.25) is 0 Å². The molecule has 3 aliphatic rings. The predicted molar refractivity (Wildman–Crippen MR) is 106 cm³/mol. The summed E-state index contributed by atoms with van der Waals surface area (Å²) < 4.78 is 0. The molecule has 1 N–H and O–H groups in total. The van der Waals surface area contributed by atoms with Crippen molar-refractivity contribution in [1.29, 1.82) is 0 Å². The van der Waals surface area contributed by atoms with Crippen molar-refractivity contribution >= 4 is 11.8 Å². The summed E-state index contributed by atoms with van der Waals surface area (Å²) in [6, 6.07) is 0. The van der Waals surface area contributed by atoms with E-state index in [0.717, 1.165) is 43.0 Å². The molecule has 7 nitrogen and oxygen atoms in total. The Bertz CT molecular complexity index is 767. The minimum Gasteiger partial charge on any atom is -0.338 e. The van der Waals surface area contributed by atoms with E-state index in [1.807, 2.05) is 36.8 Å². The van der Waals surface area contributed by atoms with Crippen molar-refractivity contribution in [3.05, 3.63) is 23.3 Å². The second-order valence-electron chi connectivity index (χ2n) is 9.33. The Morgan fingerprint density at radius 3 is 2.82 bits per heavy atom. The smallest absolute Gasteiger partial charge is 0.228 e. The zero-order valence-corrected chi connectivity index (χ0v) is 17.2. The molecule has 4 heterocycles. The van der Waals surface area contributed by atoms with Gasteiger partial charge in [0.05, 0.1) is 11.6 Å². The SMILES string of the molecule is CC(C)(C)N1C[C@@H](C(=O)N2CCc3nc([C@@H]4CCCNC4)ncc3C2)CC1=O. The van der Waals surface area contributed by atoms with Gasteiger partial charge in [-0.3, -0.25) is 9.59 Å². The number of amides is 2. The summed E-state index contributed by atoms with van der Waals surface area (Å²) in [5.74, 6) is 1.27. The van der Waals surface area contributed by atoms with Gasteiger partial charge in [-0.2, -0.15) is 0 Å². The van der Waals surface area contributed by atoms with Crippen molar-refractivity contribution < 1.29 is 9.59 Å². The first-order valence-corrected chi connectivity index (χ1v) is 10.5. The number of fused-ring (bicyclic) bond motifs is 1. The molecule has 0 unspecified atom stereocenters. The van der Waals surface area contributed by atoms with Crippen LogP contribution in [0, 0.1) is 5.92 Å².